The summed E-state index contributed by atoms with van der Waals surface area (Å²) in [6.07, 6.45) is 13.0. The van der Waals surface area contributed by atoms with Crippen molar-refractivity contribution in [3.8, 4) is 6.07 Å². The number of piperidine rings is 2. The van der Waals surface area contributed by atoms with E-state index < -0.39 is 0 Å². The average Bonchev–Trinajstić information content (AvgIpc) is 3.74. The second kappa shape index (κ2) is 14.4. The summed E-state index contributed by atoms with van der Waals surface area (Å²) in [5.41, 5.74) is 7.52. The first-order chi connectivity index (χ1) is 21.0. The van der Waals surface area contributed by atoms with Gasteiger partial charge < -0.3 is 15.7 Å². The van der Waals surface area contributed by atoms with Gasteiger partial charge in [0.1, 0.15) is 29.7 Å². The maximum Gasteiger partial charge on any atom is 0.155 e. The smallest absolute Gasteiger partial charge is 0.155 e. The number of hydrogen-bond acceptors (Lipinski definition) is 11. The summed E-state index contributed by atoms with van der Waals surface area (Å²) < 4.78 is 0. The summed E-state index contributed by atoms with van der Waals surface area (Å²) in [5.74, 6) is 2.95. The molecular weight excluding hydrogens is 544 g/mol. The van der Waals surface area contributed by atoms with Crippen molar-refractivity contribution in [2.24, 2.45) is 17.6 Å². The van der Waals surface area contributed by atoms with Crippen LogP contribution in [0, 0.1) is 23.2 Å². The summed E-state index contributed by atoms with van der Waals surface area (Å²) in [6.45, 7) is 4.71. The average molecular weight is 587 g/mol. The molecule has 0 saturated carbocycles. The molecule has 2 fully saturated rings. The van der Waals surface area contributed by atoms with E-state index in [0.717, 1.165) is 85.7 Å². The standard InChI is InChI=1S/C17H22N6O.C13H20N6/c1-22(17-15-7-9-19-16(15)20-12-21-17)23-10-2-3-13(11-23)4-5-14(24)6-8-18;1-18(19-6-2-3-10(7-14)8-19)13-11-4-5-15-12(11)16-9-17-13/h7,9,12-13H,2-6,10-11H2,1H3,(H,19,20,21);4-5,9-10H,2-3,6-8,14H2,1H3,(H,15,16,17). The molecule has 2 saturated heterocycles. The SMILES string of the molecule is CN(c1ncnc2[nH]ccc12)N1CCCC(CCC(=O)CC#N)C1.CN(c1ncnc2[nH]ccc12)N1CCCC(CN)C1. The van der Waals surface area contributed by atoms with E-state index in [0.29, 0.717) is 18.3 Å². The fourth-order valence-electron chi connectivity index (χ4n) is 6.10. The Morgan fingerprint density at radius 3 is 2.00 bits per heavy atom. The van der Waals surface area contributed by atoms with Crippen LogP contribution in [0.4, 0.5) is 11.6 Å². The zero-order valence-corrected chi connectivity index (χ0v) is 25.1. The highest BCUT2D eigenvalue weighted by molar-refractivity contribution is 5.87. The number of anilines is 2. The van der Waals surface area contributed by atoms with Gasteiger partial charge in [0, 0.05) is 59.1 Å². The molecule has 2 aliphatic rings. The van der Waals surface area contributed by atoms with Crippen LogP contribution >= 0.6 is 0 Å². The Morgan fingerprint density at radius 2 is 1.47 bits per heavy atom. The lowest BCUT2D eigenvalue weighted by molar-refractivity contribution is -0.118. The Morgan fingerprint density at radius 1 is 0.930 bits per heavy atom. The number of hydrazine groups is 2. The molecule has 0 bridgehead atoms. The van der Waals surface area contributed by atoms with E-state index in [1.807, 2.05) is 37.6 Å². The van der Waals surface area contributed by atoms with E-state index in [9.17, 15) is 4.79 Å². The third-order valence-electron chi connectivity index (χ3n) is 8.56. The lowest BCUT2D eigenvalue weighted by Crippen LogP contribution is -2.48. The number of fused-ring (bicyclic) bond motifs is 2. The molecule has 0 amide bonds. The Labute approximate surface area is 252 Å². The van der Waals surface area contributed by atoms with Crippen LogP contribution in [0.5, 0.6) is 0 Å². The van der Waals surface area contributed by atoms with Gasteiger partial charge in [-0.1, -0.05) is 0 Å². The van der Waals surface area contributed by atoms with Crippen molar-refractivity contribution < 1.29 is 4.79 Å². The minimum Gasteiger partial charge on any atom is -0.346 e. The molecule has 0 aromatic carbocycles. The number of carbonyl (C=O) groups is 1. The third kappa shape index (κ3) is 7.27. The van der Waals surface area contributed by atoms with Crippen molar-refractivity contribution in [2.75, 3.05) is 56.8 Å². The number of ketones is 1. The molecule has 2 atom stereocenters. The van der Waals surface area contributed by atoms with Crippen LogP contribution in [-0.4, -0.2) is 92.5 Å². The molecule has 228 valence electrons. The number of nitrogens with zero attached hydrogens (tertiary/aromatic N) is 9. The van der Waals surface area contributed by atoms with Gasteiger partial charge >= 0.3 is 0 Å². The fourth-order valence-corrected chi connectivity index (χ4v) is 6.10. The van der Waals surface area contributed by atoms with E-state index in [4.69, 9.17) is 11.0 Å². The zero-order valence-electron chi connectivity index (χ0n) is 25.1. The summed E-state index contributed by atoms with van der Waals surface area (Å²) in [4.78, 5) is 35.1. The highest BCUT2D eigenvalue weighted by atomic mass is 16.1. The van der Waals surface area contributed by atoms with Gasteiger partial charge in [-0.3, -0.25) is 14.8 Å². The topological polar surface area (TPSA) is 163 Å². The quantitative estimate of drug-likeness (QED) is 0.264. The first kappa shape index (κ1) is 30.3. The number of H-pyrrole nitrogens is 2. The number of rotatable bonds is 9. The lowest BCUT2D eigenvalue weighted by Gasteiger charge is -2.39. The molecule has 0 radical (unpaired) electrons. The van der Waals surface area contributed by atoms with E-state index >= 15 is 0 Å². The minimum absolute atomic E-state index is 0.0305. The van der Waals surface area contributed by atoms with Crippen molar-refractivity contribution in [1.29, 1.82) is 5.26 Å². The van der Waals surface area contributed by atoms with Gasteiger partial charge in [0.2, 0.25) is 0 Å². The minimum atomic E-state index is 0.0305. The number of aromatic nitrogens is 6. The summed E-state index contributed by atoms with van der Waals surface area (Å²) in [7, 11) is 4.09. The van der Waals surface area contributed by atoms with Gasteiger partial charge in [0.15, 0.2) is 11.6 Å². The number of hydrogen-bond donors (Lipinski definition) is 3. The Balaban J connectivity index is 0.000000176. The largest absolute Gasteiger partial charge is 0.346 e. The van der Waals surface area contributed by atoms with Crippen molar-refractivity contribution >= 4 is 39.5 Å². The summed E-state index contributed by atoms with van der Waals surface area (Å²) >= 11 is 0. The molecule has 2 aliphatic heterocycles. The molecule has 13 nitrogen and oxygen atoms in total. The van der Waals surface area contributed by atoms with Crippen LogP contribution in [0.25, 0.3) is 22.1 Å². The lowest BCUT2D eigenvalue weighted by atomic mass is 9.93. The van der Waals surface area contributed by atoms with Crippen molar-refractivity contribution in [2.45, 2.75) is 44.9 Å². The van der Waals surface area contributed by atoms with Gasteiger partial charge in [-0.05, 0) is 62.6 Å². The molecule has 6 rings (SSSR count). The molecule has 13 heteroatoms. The molecule has 4 aromatic rings. The van der Waals surface area contributed by atoms with Crippen LogP contribution in [0.1, 0.15) is 44.9 Å². The molecule has 6 heterocycles. The molecule has 4 N–H and O–H groups in total. The van der Waals surface area contributed by atoms with Crippen LogP contribution in [0.3, 0.4) is 0 Å². The fraction of sp³-hybridized carbons (Fsp3) is 0.533. The maximum atomic E-state index is 11.6. The molecule has 4 aromatic heterocycles. The number of Topliss-reactive ketones (excluding diaryl/α,β-unsaturated/α-hetero) is 1. The second-order valence-electron chi connectivity index (χ2n) is 11.4. The first-order valence-corrected chi connectivity index (χ1v) is 15.1. The highest BCUT2D eigenvalue weighted by Crippen LogP contribution is 2.28. The number of aromatic amines is 2. The van der Waals surface area contributed by atoms with E-state index in [2.05, 4.69) is 57.0 Å². The van der Waals surface area contributed by atoms with Crippen LogP contribution < -0.4 is 15.8 Å². The van der Waals surface area contributed by atoms with Crippen molar-refractivity contribution in [3.05, 3.63) is 37.2 Å². The molecular formula is C30H42N12O. The molecule has 0 spiro atoms. The molecule has 2 unspecified atom stereocenters. The number of nitrogens with one attached hydrogen (secondary N) is 2. The Kier molecular flexibility index (Phi) is 10.1. The predicted octanol–water partition coefficient (Wildman–Crippen LogP) is 3.26. The van der Waals surface area contributed by atoms with Crippen LogP contribution in [-0.2, 0) is 4.79 Å². The van der Waals surface area contributed by atoms with Gasteiger partial charge in [-0.2, -0.15) is 5.26 Å². The molecule has 43 heavy (non-hydrogen) atoms. The highest BCUT2D eigenvalue weighted by Gasteiger charge is 2.25. The van der Waals surface area contributed by atoms with Gasteiger partial charge in [0.25, 0.3) is 0 Å². The van der Waals surface area contributed by atoms with E-state index in [-0.39, 0.29) is 12.2 Å². The normalized spacial score (nSPS) is 19.5. The monoisotopic (exact) mass is 586 g/mol. The number of carbonyl (C=O) groups excluding carboxylic acids is 1. The van der Waals surface area contributed by atoms with Crippen molar-refractivity contribution in [1.82, 2.24) is 39.9 Å². The van der Waals surface area contributed by atoms with Crippen molar-refractivity contribution in [3.63, 3.8) is 0 Å². The third-order valence-corrected chi connectivity index (χ3v) is 8.56. The zero-order chi connectivity index (χ0) is 30.2. The summed E-state index contributed by atoms with van der Waals surface area (Å²) in [6, 6.07) is 5.94. The van der Waals surface area contributed by atoms with Crippen LogP contribution in [0.15, 0.2) is 37.2 Å². The van der Waals surface area contributed by atoms with Gasteiger partial charge in [-0.15, -0.1) is 0 Å². The molecule has 0 aliphatic carbocycles. The van der Waals surface area contributed by atoms with Crippen LogP contribution in [0.2, 0.25) is 0 Å². The van der Waals surface area contributed by atoms with Gasteiger partial charge in [-0.25, -0.2) is 30.0 Å². The van der Waals surface area contributed by atoms with E-state index in [1.54, 1.807) is 12.7 Å². The predicted molar refractivity (Wildman–Crippen MR) is 167 cm³/mol. The Bertz CT molecular complexity index is 1530. The van der Waals surface area contributed by atoms with Gasteiger partial charge in [0.05, 0.1) is 23.3 Å². The number of nitrogens with two attached hydrogens (primary N) is 1. The second-order valence-corrected chi connectivity index (χ2v) is 11.4. The Hall–Kier alpha value is -4.12. The van der Waals surface area contributed by atoms with E-state index in [1.165, 1.54) is 12.8 Å². The summed E-state index contributed by atoms with van der Waals surface area (Å²) in [5, 5.41) is 19.5. The maximum absolute atomic E-state index is 11.6. The number of nitriles is 1. The first-order valence-electron chi connectivity index (χ1n) is 15.1.